The van der Waals surface area contributed by atoms with Gasteiger partial charge in [0.2, 0.25) is 11.8 Å². The lowest BCUT2D eigenvalue weighted by Gasteiger charge is -2.22. The van der Waals surface area contributed by atoms with Crippen molar-refractivity contribution in [1.29, 1.82) is 0 Å². The zero-order chi connectivity index (χ0) is 17.1. The first kappa shape index (κ1) is 17.0. The zero-order valence-electron chi connectivity index (χ0n) is 14.4. The molecule has 0 N–H and O–H groups in total. The van der Waals surface area contributed by atoms with Crippen LogP contribution in [-0.2, 0) is 11.2 Å². The first-order valence-corrected chi connectivity index (χ1v) is 9.31. The second kappa shape index (κ2) is 7.38. The molecule has 0 fully saturated rings. The van der Waals surface area contributed by atoms with Crippen LogP contribution in [-0.4, -0.2) is 27.8 Å². The highest BCUT2D eigenvalue weighted by Crippen LogP contribution is 2.37. The van der Waals surface area contributed by atoms with Crippen LogP contribution >= 0.6 is 11.8 Å². The summed E-state index contributed by atoms with van der Waals surface area (Å²) >= 11 is 1.84. The Hall–Kier alpha value is -1.82. The molecular weight excluding hydrogens is 322 g/mol. The van der Waals surface area contributed by atoms with Gasteiger partial charge in [-0.3, -0.25) is 4.79 Å². The van der Waals surface area contributed by atoms with Crippen molar-refractivity contribution in [2.75, 3.05) is 11.4 Å². The van der Waals surface area contributed by atoms with E-state index >= 15 is 0 Å². The molecule has 1 aliphatic heterocycles. The second-order valence-electron chi connectivity index (χ2n) is 6.43. The number of benzene rings is 1. The van der Waals surface area contributed by atoms with Gasteiger partial charge in [-0.1, -0.05) is 38.1 Å². The highest BCUT2D eigenvalue weighted by Gasteiger charge is 2.24. The Morgan fingerprint density at radius 3 is 2.96 bits per heavy atom. The number of thioether (sulfide) groups is 1. The fourth-order valence-corrected chi connectivity index (χ4v) is 3.81. The van der Waals surface area contributed by atoms with E-state index in [9.17, 15) is 4.79 Å². The Balaban J connectivity index is 1.70. The molecule has 0 saturated heterocycles. The molecule has 6 heteroatoms. The van der Waals surface area contributed by atoms with Crippen LogP contribution in [0.25, 0.3) is 0 Å². The van der Waals surface area contributed by atoms with E-state index < -0.39 is 0 Å². The third-order valence-corrected chi connectivity index (χ3v) is 5.33. The Bertz CT molecular complexity index is 714. The third-order valence-electron chi connectivity index (χ3n) is 4.10. The SMILES string of the molecule is CC(C)c1noc(CCC(=O)N2CC[C@H](C)Sc3ccccc32)n1. The van der Waals surface area contributed by atoms with Gasteiger partial charge < -0.3 is 9.42 Å². The quantitative estimate of drug-likeness (QED) is 0.837. The standard InChI is InChI=1S/C18H23N3O2S/c1-12(2)18-19-16(23-20-18)8-9-17(22)21-11-10-13(3)24-15-7-5-4-6-14(15)21/h4-7,12-13H,8-11H2,1-3H3/t13-/m0/s1. The molecule has 2 heterocycles. The second-order valence-corrected chi connectivity index (χ2v) is 7.91. The van der Waals surface area contributed by atoms with Gasteiger partial charge in [0.1, 0.15) is 0 Å². The minimum absolute atomic E-state index is 0.112. The largest absolute Gasteiger partial charge is 0.339 e. The van der Waals surface area contributed by atoms with Gasteiger partial charge in [0.15, 0.2) is 5.82 Å². The van der Waals surface area contributed by atoms with Crippen LogP contribution in [0.5, 0.6) is 0 Å². The summed E-state index contributed by atoms with van der Waals surface area (Å²) in [7, 11) is 0. The average Bonchev–Trinajstić information content (AvgIpc) is 2.97. The summed E-state index contributed by atoms with van der Waals surface area (Å²) < 4.78 is 5.24. The van der Waals surface area contributed by atoms with E-state index in [4.69, 9.17) is 4.52 Å². The summed E-state index contributed by atoms with van der Waals surface area (Å²) in [5.74, 6) is 1.58. The molecule has 0 radical (unpaired) electrons. The molecule has 0 saturated carbocycles. The van der Waals surface area contributed by atoms with Gasteiger partial charge in [-0.05, 0) is 18.6 Å². The van der Waals surface area contributed by atoms with Crippen molar-refractivity contribution in [3.8, 4) is 0 Å². The topological polar surface area (TPSA) is 59.2 Å². The normalized spacial score (nSPS) is 17.7. The van der Waals surface area contributed by atoms with Crippen molar-refractivity contribution in [3.63, 3.8) is 0 Å². The lowest BCUT2D eigenvalue weighted by molar-refractivity contribution is -0.118. The number of aryl methyl sites for hydroxylation is 1. The number of carbonyl (C=O) groups excluding carboxylic acids is 1. The number of rotatable bonds is 4. The number of amides is 1. The van der Waals surface area contributed by atoms with E-state index in [0.717, 1.165) is 18.7 Å². The van der Waals surface area contributed by atoms with Gasteiger partial charge in [0, 0.05) is 35.4 Å². The molecule has 1 atom stereocenters. The summed E-state index contributed by atoms with van der Waals surface area (Å²) in [6.07, 6.45) is 1.86. The predicted octanol–water partition coefficient (Wildman–Crippen LogP) is 4.04. The van der Waals surface area contributed by atoms with Crippen molar-refractivity contribution in [1.82, 2.24) is 10.1 Å². The number of para-hydroxylation sites is 1. The maximum atomic E-state index is 12.8. The number of anilines is 1. The molecule has 24 heavy (non-hydrogen) atoms. The number of fused-ring (bicyclic) bond motifs is 1. The van der Waals surface area contributed by atoms with E-state index in [1.807, 2.05) is 48.7 Å². The van der Waals surface area contributed by atoms with Crippen LogP contribution in [0.1, 0.15) is 51.2 Å². The zero-order valence-corrected chi connectivity index (χ0v) is 15.2. The third kappa shape index (κ3) is 3.80. The minimum Gasteiger partial charge on any atom is -0.339 e. The molecule has 128 valence electrons. The highest BCUT2D eigenvalue weighted by molar-refractivity contribution is 8.00. The average molecular weight is 345 g/mol. The van der Waals surface area contributed by atoms with E-state index in [1.54, 1.807) is 0 Å². The highest BCUT2D eigenvalue weighted by atomic mass is 32.2. The van der Waals surface area contributed by atoms with Crippen LogP contribution in [0, 0.1) is 0 Å². The van der Waals surface area contributed by atoms with Crippen molar-refractivity contribution in [2.45, 2.75) is 56.1 Å². The van der Waals surface area contributed by atoms with Gasteiger partial charge >= 0.3 is 0 Å². The van der Waals surface area contributed by atoms with Gasteiger partial charge in [0.05, 0.1) is 5.69 Å². The first-order valence-electron chi connectivity index (χ1n) is 8.43. The number of aromatic nitrogens is 2. The summed E-state index contributed by atoms with van der Waals surface area (Å²) in [6.45, 7) is 7.01. The molecule has 1 amide bonds. The van der Waals surface area contributed by atoms with Crippen LogP contribution in [0.4, 0.5) is 5.69 Å². The van der Waals surface area contributed by atoms with E-state index in [2.05, 4.69) is 23.1 Å². The predicted molar refractivity (Wildman–Crippen MR) is 95.4 cm³/mol. The number of hydrogen-bond donors (Lipinski definition) is 0. The monoisotopic (exact) mass is 345 g/mol. The Kier molecular flexibility index (Phi) is 5.23. The van der Waals surface area contributed by atoms with Gasteiger partial charge in [-0.2, -0.15) is 4.98 Å². The molecule has 2 aromatic rings. The van der Waals surface area contributed by atoms with E-state index in [0.29, 0.717) is 29.8 Å². The first-order chi connectivity index (χ1) is 11.5. The van der Waals surface area contributed by atoms with Crippen LogP contribution in [0.2, 0.25) is 0 Å². The van der Waals surface area contributed by atoms with Crippen molar-refractivity contribution in [2.24, 2.45) is 0 Å². The maximum Gasteiger partial charge on any atom is 0.227 e. The summed E-state index contributed by atoms with van der Waals surface area (Å²) in [5.41, 5.74) is 1.02. The maximum absolute atomic E-state index is 12.8. The Labute approximate surface area is 146 Å². The Morgan fingerprint density at radius 1 is 1.42 bits per heavy atom. The smallest absolute Gasteiger partial charge is 0.227 e. The van der Waals surface area contributed by atoms with Crippen molar-refractivity contribution >= 4 is 23.4 Å². The van der Waals surface area contributed by atoms with E-state index in [1.165, 1.54) is 4.90 Å². The Morgan fingerprint density at radius 2 is 2.21 bits per heavy atom. The van der Waals surface area contributed by atoms with Crippen LogP contribution < -0.4 is 4.90 Å². The fraction of sp³-hybridized carbons (Fsp3) is 0.500. The summed E-state index contributed by atoms with van der Waals surface area (Å²) in [5, 5.41) is 4.46. The molecule has 0 bridgehead atoms. The molecular formula is C18H23N3O2S. The lowest BCUT2D eigenvalue weighted by atomic mass is 10.2. The number of carbonyl (C=O) groups is 1. The molecule has 0 aliphatic carbocycles. The summed E-state index contributed by atoms with van der Waals surface area (Å²) in [4.78, 5) is 20.2. The molecule has 1 aromatic carbocycles. The van der Waals surface area contributed by atoms with Gasteiger partial charge in [-0.15, -0.1) is 11.8 Å². The van der Waals surface area contributed by atoms with Gasteiger partial charge in [0.25, 0.3) is 0 Å². The molecule has 1 aliphatic rings. The lowest BCUT2D eigenvalue weighted by Crippen LogP contribution is -2.32. The number of nitrogens with zero attached hydrogens (tertiary/aromatic N) is 3. The van der Waals surface area contributed by atoms with Gasteiger partial charge in [-0.25, -0.2) is 0 Å². The molecule has 1 aromatic heterocycles. The summed E-state index contributed by atoms with van der Waals surface area (Å²) in [6, 6.07) is 8.14. The van der Waals surface area contributed by atoms with Crippen molar-refractivity contribution < 1.29 is 9.32 Å². The van der Waals surface area contributed by atoms with E-state index in [-0.39, 0.29) is 11.8 Å². The van der Waals surface area contributed by atoms with Crippen LogP contribution in [0.3, 0.4) is 0 Å². The minimum atomic E-state index is 0.112. The molecule has 0 unspecified atom stereocenters. The van der Waals surface area contributed by atoms with Crippen LogP contribution in [0.15, 0.2) is 33.7 Å². The fourth-order valence-electron chi connectivity index (χ4n) is 2.70. The van der Waals surface area contributed by atoms with Crippen molar-refractivity contribution in [3.05, 3.63) is 36.0 Å². The number of hydrogen-bond acceptors (Lipinski definition) is 5. The molecule has 0 spiro atoms. The molecule has 3 rings (SSSR count). The molecule has 5 nitrogen and oxygen atoms in total.